The predicted molar refractivity (Wildman–Crippen MR) is 83.1 cm³/mol. The van der Waals surface area contributed by atoms with Gasteiger partial charge >= 0.3 is 0 Å². The Morgan fingerprint density at radius 1 is 1.38 bits per heavy atom. The second kappa shape index (κ2) is 6.62. The molecule has 10 heteroatoms. The van der Waals surface area contributed by atoms with Gasteiger partial charge in [0.1, 0.15) is 0 Å². The van der Waals surface area contributed by atoms with Crippen molar-refractivity contribution in [2.24, 2.45) is 0 Å². The van der Waals surface area contributed by atoms with Crippen LogP contribution in [-0.2, 0) is 20.3 Å². The van der Waals surface area contributed by atoms with Gasteiger partial charge in [0.25, 0.3) is 14.2 Å². The van der Waals surface area contributed by atoms with E-state index in [2.05, 4.69) is 26.1 Å². The van der Waals surface area contributed by atoms with E-state index in [1.54, 1.807) is 18.2 Å². The van der Waals surface area contributed by atoms with E-state index in [9.17, 15) is 8.42 Å². The zero-order chi connectivity index (χ0) is 15.6. The summed E-state index contributed by atoms with van der Waals surface area (Å²) in [5.41, 5.74) is 0.654. The minimum absolute atomic E-state index is 0.250. The second-order valence-corrected chi connectivity index (χ2v) is 7.74. The van der Waals surface area contributed by atoms with Crippen LogP contribution in [0.25, 0.3) is 11.4 Å². The summed E-state index contributed by atoms with van der Waals surface area (Å²) >= 11 is 9.25. The standard InChI is InChI=1S/C11H10BrCl2N3O3S/c1-20-5-4-17-10(15-16-11(17)21(14,18)19)7-2-3-9(13)8(12)6-7/h2-3,6H,4-5H2,1H3. The van der Waals surface area contributed by atoms with Crippen molar-refractivity contribution in [3.05, 3.63) is 27.7 Å². The normalized spacial score (nSPS) is 11.8. The molecule has 2 aromatic rings. The Labute approximate surface area is 139 Å². The second-order valence-electron chi connectivity index (χ2n) is 4.02. The lowest BCUT2D eigenvalue weighted by Crippen LogP contribution is -2.11. The zero-order valence-corrected chi connectivity index (χ0v) is 14.7. The molecule has 2 rings (SSSR count). The molecule has 0 aliphatic heterocycles. The highest BCUT2D eigenvalue weighted by atomic mass is 79.9. The molecule has 1 aromatic heterocycles. The number of hydrogen-bond donors (Lipinski definition) is 0. The summed E-state index contributed by atoms with van der Waals surface area (Å²) in [5.74, 6) is 0.364. The molecule has 0 fully saturated rings. The number of halogens is 3. The lowest BCUT2D eigenvalue weighted by atomic mass is 10.2. The van der Waals surface area contributed by atoms with E-state index in [1.165, 1.54) is 11.7 Å². The molecule has 0 saturated heterocycles. The molecule has 0 aliphatic rings. The molecule has 0 unspecified atom stereocenters. The summed E-state index contributed by atoms with van der Waals surface area (Å²) < 4.78 is 30.1. The van der Waals surface area contributed by atoms with Gasteiger partial charge in [0.2, 0.25) is 0 Å². The van der Waals surface area contributed by atoms with Crippen LogP contribution in [0.2, 0.25) is 5.02 Å². The topological polar surface area (TPSA) is 74.1 Å². The molecule has 0 amide bonds. The molecule has 0 spiro atoms. The first-order chi connectivity index (χ1) is 9.84. The van der Waals surface area contributed by atoms with Crippen LogP contribution < -0.4 is 0 Å². The maximum absolute atomic E-state index is 11.6. The third-order valence-corrected chi connectivity index (χ3v) is 5.00. The van der Waals surface area contributed by atoms with E-state index in [0.29, 0.717) is 27.5 Å². The third-order valence-electron chi connectivity index (χ3n) is 2.63. The number of hydrogen-bond acceptors (Lipinski definition) is 5. The molecule has 0 atom stereocenters. The fourth-order valence-corrected chi connectivity index (χ4v) is 3.12. The van der Waals surface area contributed by atoms with Crippen molar-refractivity contribution in [2.45, 2.75) is 11.7 Å². The molecule has 0 bridgehead atoms. The smallest absolute Gasteiger partial charge is 0.296 e. The monoisotopic (exact) mass is 413 g/mol. The molecule has 0 radical (unpaired) electrons. The van der Waals surface area contributed by atoms with Crippen molar-refractivity contribution in [1.82, 2.24) is 14.8 Å². The van der Waals surface area contributed by atoms with Crippen molar-refractivity contribution in [1.29, 1.82) is 0 Å². The Bertz CT molecular complexity index is 764. The molecule has 6 nitrogen and oxygen atoms in total. The van der Waals surface area contributed by atoms with Crippen LogP contribution in [0.1, 0.15) is 0 Å². The van der Waals surface area contributed by atoms with Gasteiger partial charge in [-0.3, -0.25) is 4.57 Å². The first kappa shape index (κ1) is 16.7. The molecule has 0 N–H and O–H groups in total. The molecule has 0 aliphatic carbocycles. The lowest BCUT2D eigenvalue weighted by Gasteiger charge is -2.09. The predicted octanol–water partition coefficient (Wildman–Crippen LogP) is 2.93. The van der Waals surface area contributed by atoms with E-state index in [4.69, 9.17) is 27.0 Å². The minimum Gasteiger partial charge on any atom is -0.383 e. The molecular formula is C11H10BrCl2N3O3S. The van der Waals surface area contributed by atoms with Crippen LogP contribution in [0.5, 0.6) is 0 Å². The summed E-state index contributed by atoms with van der Waals surface area (Å²) in [6, 6.07) is 5.11. The van der Waals surface area contributed by atoms with Crippen molar-refractivity contribution < 1.29 is 13.2 Å². The maximum Gasteiger partial charge on any atom is 0.296 e. The first-order valence-electron chi connectivity index (χ1n) is 5.67. The Morgan fingerprint density at radius 2 is 2.10 bits per heavy atom. The number of benzene rings is 1. The van der Waals surface area contributed by atoms with Gasteiger partial charge in [-0.15, -0.1) is 10.2 Å². The van der Waals surface area contributed by atoms with Crippen molar-refractivity contribution in [2.75, 3.05) is 13.7 Å². The zero-order valence-electron chi connectivity index (χ0n) is 10.8. The van der Waals surface area contributed by atoms with Crippen LogP contribution in [0.3, 0.4) is 0 Å². The summed E-state index contributed by atoms with van der Waals surface area (Å²) in [7, 11) is 2.89. The average Bonchev–Trinajstić information content (AvgIpc) is 2.83. The Balaban J connectivity index is 2.57. The summed E-state index contributed by atoms with van der Waals surface area (Å²) in [4.78, 5) is 0. The van der Waals surface area contributed by atoms with Gasteiger partial charge in [-0.1, -0.05) is 11.6 Å². The Morgan fingerprint density at radius 3 is 2.67 bits per heavy atom. The first-order valence-corrected chi connectivity index (χ1v) is 9.15. The fourth-order valence-electron chi connectivity index (χ4n) is 1.70. The molecule has 1 heterocycles. The molecule has 1 aromatic carbocycles. The highest BCUT2D eigenvalue weighted by molar-refractivity contribution is 9.10. The number of methoxy groups -OCH3 is 1. The van der Waals surface area contributed by atoms with Crippen molar-refractivity contribution >= 4 is 47.3 Å². The van der Waals surface area contributed by atoms with Crippen LogP contribution in [-0.4, -0.2) is 36.9 Å². The minimum atomic E-state index is -4.00. The average molecular weight is 415 g/mol. The van der Waals surface area contributed by atoms with Gasteiger partial charge in [0, 0.05) is 27.8 Å². The van der Waals surface area contributed by atoms with Gasteiger partial charge in [-0.25, -0.2) is 8.42 Å². The van der Waals surface area contributed by atoms with E-state index < -0.39 is 9.05 Å². The molecule has 114 valence electrons. The van der Waals surface area contributed by atoms with Gasteiger partial charge in [-0.05, 0) is 34.1 Å². The highest BCUT2D eigenvalue weighted by Crippen LogP contribution is 2.29. The van der Waals surface area contributed by atoms with Gasteiger partial charge < -0.3 is 4.74 Å². The molecule has 0 saturated carbocycles. The van der Waals surface area contributed by atoms with Crippen LogP contribution in [0, 0.1) is 0 Å². The van der Waals surface area contributed by atoms with Crippen LogP contribution in [0.15, 0.2) is 27.8 Å². The van der Waals surface area contributed by atoms with Crippen LogP contribution >= 0.6 is 38.2 Å². The number of rotatable bonds is 5. The number of aromatic nitrogens is 3. The lowest BCUT2D eigenvalue weighted by molar-refractivity contribution is 0.185. The summed E-state index contributed by atoms with van der Waals surface area (Å²) in [6.45, 7) is 0.541. The summed E-state index contributed by atoms with van der Waals surface area (Å²) in [5, 5.41) is 7.78. The Kier molecular flexibility index (Phi) is 5.26. The highest BCUT2D eigenvalue weighted by Gasteiger charge is 2.23. The van der Waals surface area contributed by atoms with E-state index in [-0.39, 0.29) is 11.7 Å². The molecular weight excluding hydrogens is 405 g/mol. The van der Waals surface area contributed by atoms with E-state index >= 15 is 0 Å². The third kappa shape index (κ3) is 3.75. The van der Waals surface area contributed by atoms with Crippen LogP contribution in [0.4, 0.5) is 0 Å². The number of nitrogens with zero attached hydrogens (tertiary/aromatic N) is 3. The van der Waals surface area contributed by atoms with Crippen molar-refractivity contribution in [3.63, 3.8) is 0 Å². The molecule has 21 heavy (non-hydrogen) atoms. The van der Waals surface area contributed by atoms with Crippen molar-refractivity contribution in [3.8, 4) is 11.4 Å². The van der Waals surface area contributed by atoms with E-state index in [1.807, 2.05) is 0 Å². The fraction of sp³-hybridized carbons (Fsp3) is 0.273. The van der Waals surface area contributed by atoms with Gasteiger partial charge in [-0.2, -0.15) is 0 Å². The largest absolute Gasteiger partial charge is 0.383 e. The van der Waals surface area contributed by atoms with Gasteiger partial charge in [0.15, 0.2) is 5.82 Å². The SMILES string of the molecule is COCCn1c(-c2ccc(Cl)c(Br)c2)nnc1S(=O)(=O)Cl. The maximum atomic E-state index is 11.6. The van der Waals surface area contributed by atoms with Gasteiger partial charge in [0.05, 0.1) is 18.2 Å². The number of ether oxygens (including phenoxy) is 1. The summed E-state index contributed by atoms with van der Waals surface area (Å²) in [6.07, 6.45) is 0. The quantitative estimate of drug-likeness (QED) is 0.703. The Hall–Kier alpha value is -0.670. The van der Waals surface area contributed by atoms with E-state index in [0.717, 1.165) is 0 Å².